The Hall–Kier alpha value is -2.63. The lowest BCUT2D eigenvalue weighted by atomic mass is 10.1. The summed E-state index contributed by atoms with van der Waals surface area (Å²) < 4.78 is 10.6. The highest BCUT2D eigenvalue weighted by Gasteiger charge is 2.10. The molecule has 0 saturated carbocycles. The molecule has 1 aromatic carbocycles. The van der Waals surface area contributed by atoms with E-state index in [1.807, 2.05) is 0 Å². The van der Waals surface area contributed by atoms with Gasteiger partial charge in [0.2, 0.25) is 0 Å². The number of anilines is 1. The van der Waals surface area contributed by atoms with Gasteiger partial charge in [-0.05, 0) is 30.7 Å². The molecule has 0 fully saturated rings. The van der Waals surface area contributed by atoms with Crippen LogP contribution in [0.3, 0.4) is 0 Å². The number of hydrogen-bond donors (Lipinski definition) is 1. The van der Waals surface area contributed by atoms with Crippen LogP contribution in [0, 0.1) is 0 Å². The van der Waals surface area contributed by atoms with E-state index in [0.717, 1.165) is 19.4 Å². The Kier molecular flexibility index (Phi) is 6.35. The average Bonchev–Trinajstić information content (AvgIpc) is 2.61. The molecule has 0 spiro atoms. The SMILES string of the molecule is CCCCNc1ncncc1OCC(=O)c1ccc(OC)cc1. The highest BCUT2D eigenvalue weighted by molar-refractivity contribution is 5.97. The van der Waals surface area contributed by atoms with Gasteiger partial charge in [0, 0.05) is 12.1 Å². The molecule has 0 bridgehead atoms. The lowest BCUT2D eigenvalue weighted by molar-refractivity contribution is 0.0921. The summed E-state index contributed by atoms with van der Waals surface area (Å²) in [7, 11) is 1.59. The lowest BCUT2D eigenvalue weighted by Crippen LogP contribution is -2.13. The quantitative estimate of drug-likeness (QED) is 0.566. The second-order valence-corrected chi connectivity index (χ2v) is 4.96. The molecule has 2 rings (SSSR count). The van der Waals surface area contributed by atoms with Crippen molar-refractivity contribution in [3.8, 4) is 11.5 Å². The first-order valence-electron chi connectivity index (χ1n) is 7.58. The molecule has 0 atom stereocenters. The topological polar surface area (TPSA) is 73.3 Å². The first kappa shape index (κ1) is 16.7. The minimum atomic E-state index is -0.115. The van der Waals surface area contributed by atoms with Gasteiger partial charge in [-0.1, -0.05) is 13.3 Å². The summed E-state index contributed by atoms with van der Waals surface area (Å²) in [4.78, 5) is 20.3. The van der Waals surface area contributed by atoms with Crippen LogP contribution < -0.4 is 14.8 Å². The molecule has 0 aliphatic carbocycles. The number of Topliss-reactive ketones (excluding diaryl/α,β-unsaturated/α-hetero) is 1. The van der Waals surface area contributed by atoms with Gasteiger partial charge in [0.1, 0.15) is 12.1 Å². The molecule has 0 aliphatic heterocycles. The minimum Gasteiger partial charge on any atom is -0.497 e. The van der Waals surface area contributed by atoms with Crippen LogP contribution in [-0.2, 0) is 0 Å². The van der Waals surface area contributed by atoms with E-state index in [2.05, 4.69) is 22.2 Å². The van der Waals surface area contributed by atoms with Gasteiger partial charge in [-0.25, -0.2) is 9.97 Å². The minimum absolute atomic E-state index is 0.0673. The highest BCUT2D eigenvalue weighted by atomic mass is 16.5. The summed E-state index contributed by atoms with van der Waals surface area (Å²) in [5, 5.41) is 3.19. The van der Waals surface area contributed by atoms with Gasteiger partial charge in [-0.2, -0.15) is 0 Å². The van der Waals surface area contributed by atoms with Crippen molar-refractivity contribution < 1.29 is 14.3 Å². The number of methoxy groups -OCH3 is 1. The number of carbonyl (C=O) groups excluding carboxylic acids is 1. The molecule has 2 aromatic rings. The van der Waals surface area contributed by atoms with Crippen LogP contribution in [0.15, 0.2) is 36.8 Å². The number of aromatic nitrogens is 2. The van der Waals surface area contributed by atoms with E-state index < -0.39 is 0 Å². The smallest absolute Gasteiger partial charge is 0.200 e. The maximum Gasteiger partial charge on any atom is 0.200 e. The summed E-state index contributed by atoms with van der Waals surface area (Å²) in [6, 6.07) is 6.92. The summed E-state index contributed by atoms with van der Waals surface area (Å²) >= 11 is 0. The molecule has 0 unspecified atom stereocenters. The third kappa shape index (κ3) is 4.95. The largest absolute Gasteiger partial charge is 0.497 e. The van der Waals surface area contributed by atoms with Crippen molar-refractivity contribution in [3.05, 3.63) is 42.4 Å². The molecular weight excluding hydrogens is 294 g/mol. The predicted molar refractivity (Wildman–Crippen MR) is 88.2 cm³/mol. The van der Waals surface area contributed by atoms with Crippen molar-refractivity contribution in [2.75, 3.05) is 25.6 Å². The van der Waals surface area contributed by atoms with Gasteiger partial charge in [0.05, 0.1) is 13.3 Å². The number of ketones is 1. The molecule has 1 heterocycles. The van der Waals surface area contributed by atoms with Crippen molar-refractivity contribution in [2.24, 2.45) is 0 Å². The molecule has 0 aliphatic rings. The number of carbonyl (C=O) groups is 1. The highest BCUT2D eigenvalue weighted by Crippen LogP contribution is 2.20. The number of benzene rings is 1. The Morgan fingerprint density at radius 3 is 2.74 bits per heavy atom. The van der Waals surface area contributed by atoms with Gasteiger partial charge in [0.15, 0.2) is 24.0 Å². The normalized spacial score (nSPS) is 10.2. The van der Waals surface area contributed by atoms with Crippen LogP contribution in [0.1, 0.15) is 30.1 Å². The Labute approximate surface area is 135 Å². The molecule has 6 nitrogen and oxygen atoms in total. The van der Waals surface area contributed by atoms with Gasteiger partial charge in [0.25, 0.3) is 0 Å². The summed E-state index contributed by atoms with van der Waals surface area (Å²) in [5.41, 5.74) is 0.572. The van der Waals surface area contributed by atoms with Crippen molar-refractivity contribution in [1.82, 2.24) is 9.97 Å². The monoisotopic (exact) mass is 315 g/mol. The van der Waals surface area contributed by atoms with E-state index in [1.54, 1.807) is 37.6 Å². The molecule has 6 heteroatoms. The fourth-order valence-corrected chi connectivity index (χ4v) is 1.94. The van der Waals surface area contributed by atoms with E-state index in [0.29, 0.717) is 22.9 Å². The fourth-order valence-electron chi connectivity index (χ4n) is 1.94. The van der Waals surface area contributed by atoms with Crippen LogP contribution in [0.5, 0.6) is 11.5 Å². The van der Waals surface area contributed by atoms with E-state index in [-0.39, 0.29) is 12.4 Å². The summed E-state index contributed by atoms with van der Waals surface area (Å²) in [6.07, 6.45) is 5.13. The molecule has 0 saturated heterocycles. The summed E-state index contributed by atoms with van der Waals surface area (Å²) in [6.45, 7) is 2.85. The molecule has 1 N–H and O–H groups in total. The average molecular weight is 315 g/mol. The van der Waals surface area contributed by atoms with E-state index in [4.69, 9.17) is 9.47 Å². The first-order valence-corrected chi connectivity index (χ1v) is 7.58. The zero-order valence-electron chi connectivity index (χ0n) is 13.4. The molecule has 23 heavy (non-hydrogen) atoms. The third-order valence-electron chi connectivity index (χ3n) is 3.27. The van der Waals surface area contributed by atoms with Crippen LogP contribution in [0.25, 0.3) is 0 Å². The Balaban J connectivity index is 1.95. The second-order valence-electron chi connectivity index (χ2n) is 4.96. The molecular formula is C17H21N3O3. The fraction of sp³-hybridized carbons (Fsp3) is 0.353. The lowest BCUT2D eigenvalue weighted by Gasteiger charge is -2.11. The van der Waals surface area contributed by atoms with Gasteiger partial charge >= 0.3 is 0 Å². The van der Waals surface area contributed by atoms with E-state index in [9.17, 15) is 4.79 Å². The van der Waals surface area contributed by atoms with E-state index in [1.165, 1.54) is 6.33 Å². The zero-order valence-corrected chi connectivity index (χ0v) is 13.4. The first-order chi connectivity index (χ1) is 11.2. The second kappa shape index (κ2) is 8.73. The van der Waals surface area contributed by atoms with Crippen LogP contribution in [0.4, 0.5) is 5.82 Å². The van der Waals surface area contributed by atoms with Gasteiger partial charge in [-0.15, -0.1) is 0 Å². The van der Waals surface area contributed by atoms with Crippen LogP contribution in [-0.4, -0.2) is 36.0 Å². The standard InChI is InChI=1S/C17H21N3O3/c1-3-4-9-19-17-16(10-18-12-20-17)23-11-15(21)13-5-7-14(22-2)8-6-13/h5-8,10,12H,3-4,9,11H2,1-2H3,(H,18,19,20). The number of ether oxygens (including phenoxy) is 2. The Morgan fingerprint density at radius 2 is 2.04 bits per heavy atom. The van der Waals surface area contributed by atoms with Gasteiger partial charge in [-0.3, -0.25) is 4.79 Å². The number of nitrogens with zero attached hydrogens (tertiary/aromatic N) is 2. The van der Waals surface area contributed by atoms with Crippen molar-refractivity contribution in [3.63, 3.8) is 0 Å². The van der Waals surface area contributed by atoms with Crippen molar-refractivity contribution in [1.29, 1.82) is 0 Å². The number of hydrogen-bond acceptors (Lipinski definition) is 6. The Bertz CT molecular complexity index is 629. The van der Waals surface area contributed by atoms with E-state index >= 15 is 0 Å². The van der Waals surface area contributed by atoms with Crippen molar-refractivity contribution in [2.45, 2.75) is 19.8 Å². The third-order valence-corrected chi connectivity index (χ3v) is 3.27. The van der Waals surface area contributed by atoms with Crippen molar-refractivity contribution >= 4 is 11.6 Å². The summed E-state index contributed by atoms with van der Waals surface area (Å²) in [5.74, 6) is 1.68. The van der Waals surface area contributed by atoms with Gasteiger partial charge < -0.3 is 14.8 Å². The molecule has 122 valence electrons. The maximum absolute atomic E-state index is 12.2. The number of rotatable bonds is 9. The molecule has 0 radical (unpaired) electrons. The molecule has 0 amide bonds. The number of nitrogens with one attached hydrogen (secondary N) is 1. The van der Waals surface area contributed by atoms with Crippen LogP contribution in [0.2, 0.25) is 0 Å². The van der Waals surface area contributed by atoms with Crippen LogP contribution >= 0.6 is 0 Å². The molecule has 1 aromatic heterocycles. The zero-order chi connectivity index (χ0) is 16.5. The number of unbranched alkanes of at least 4 members (excludes halogenated alkanes) is 1. The Morgan fingerprint density at radius 1 is 1.26 bits per heavy atom. The predicted octanol–water partition coefficient (Wildman–Crippen LogP) is 2.96. The maximum atomic E-state index is 12.2.